The minimum Gasteiger partial charge on any atom is -0.394 e. The van der Waals surface area contributed by atoms with E-state index < -0.39 is 29.6 Å². The van der Waals surface area contributed by atoms with Gasteiger partial charge in [-0.15, -0.1) is 0 Å². The number of halogens is 1. The second-order valence-corrected chi connectivity index (χ2v) is 4.73. The van der Waals surface area contributed by atoms with Crippen molar-refractivity contribution in [3.63, 3.8) is 0 Å². The third kappa shape index (κ3) is 3.44. The smallest absolute Gasteiger partial charge is 0.270 e. The molecule has 7 nitrogen and oxygen atoms in total. The molecule has 0 spiro atoms. The molecule has 20 heavy (non-hydrogen) atoms. The number of nitro benzene ring substituents is 1. The molecule has 0 unspecified atom stereocenters. The fourth-order valence-electron chi connectivity index (χ4n) is 1.55. The summed E-state index contributed by atoms with van der Waals surface area (Å²) in [6.07, 6.45) is 0.290. The maximum atomic E-state index is 12.1. The van der Waals surface area contributed by atoms with E-state index in [9.17, 15) is 25.1 Å². The first-order valence-electron chi connectivity index (χ1n) is 5.87. The normalized spacial score (nSPS) is 11.2. The fourth-order valence-corrected chi connectivity index (χ4v) is 1.75. The highest BCUT2D eigenvalue weighted by molar-refractivity contribution is 6.34. The molecule has 1 rings (SSSR count). The number of carbonyl (C=O) groups is 1. The molecule has 0 aromatic heterocycles. The number of hydrogen-bond donors (Lipinski definition) is 3. The molecule has 0 aliphatic rings. The zero-order valence-electron chi connectivity index (χ0n) is 10.8. The van der Waals surface area contributed by atoms with Crippen LogP contribution in [0.1, 0.15) is 23.7 Å². The first kappa shape index (κ1) is 16.4. The Morgan fingerprint density at radius 2 is 2.05 bits per heavy atom. The molecule has 0 saturated heterocycles. The third-order valence-corrected chi connectivity index (χ3v) is 3.40. The largest absolute Gasteiger partial charge is 0.394 e. The van der Waals surface area contributed by atoms with Gasteiger partial charge in [-0.05, 0) is 12.5 Å². The van der Waals surface area contributed by atoms with E-state index in [1.165, 1.54) is 12.1 Å². The highest BCUT2D eigenvalue weighted by atomic mass is 35.5. The molecule has 0 saturated carbocycles. The van der Waals surface area contributed by atoms with Crippen molar-refractivity contribution >= 4 is 23.2 Å². The highest BCUT2D eigenvalue weighted by Gasteiger charge is 2.30. The lowest BCUT2D eigenvalue weighted by molar-refractivity contribution is -0.384. The third-order valence-electron chi connectivity index (χ3n) is 3.07. The fraction of sp³-hybridized carbons (Fsp3) is 0.417. The zero-order chi connectivity index (χ0) is 15.3. The van der Waals surface area contributed by atoms with Crippen LogP contribution in [0.15, 0.2) is 18.2 Å². The second-order valence-electron chi connectivity index (χ2n) is 4.33. The van der Waals surface area contributed by atoms with Gasteiger partial charge in [0.15, 0.2) is 0 Å². The van der Waals surface area contributed by atoms with E-state index in [4.69, 9.17) is 11.6 Å². The summed E-state index contributed by atoms with van der Waals surface area (Å²) in [4.78, 5) is 22.1. The van der Waals surface area contributed by atoms with Crippen molar-refractivity contribution in [2.45, 2.75) is 18.9 Å². The molecule has 1 aromatic carbocycles. The van der Waals surface area contributed by atoms with Crippen LogP contribution >= 0.6 is 11.6 Å². The van der Waals surface area contributed by atoms with Crippen molar-refractivity contribution in [3.8, 4) is 0 Å². The topological polar surface area (TPSA) is 113 Å². The van der Waals surface area contributed by atoms with Gasteiger partial charge in [-0.25, -0.2) is 0 Å². The molecule has 0 radical (unpaired) electrons. The predicted octanol–water partition coefficient (Wildman–Crippen LogP) is 1.11. The van der Waals surface area contributed by atoms with Crippen LogP contribution in [-0.4, -0.2) is 39.8 Å². The number of aliphatic hydroxyl groups is 2. The van der Waals surface area contributed by atoms with E-state index in [1.54, 1.807) is 6.92 Å². The lowest BCUT2D eigenvalue weighted by Gasteiger charge is -2.29. The summed E-state index contributed by atoms with van der Waals surface area (Å²) >= 11 is 5.85. The van der Waals surface area contributed by atoms with Crippen molar-refractivity contribution in [3.05, 3.63) is 38.9 Å². The van der Waals surface area contributed by atoms with Crippen LogP contribution < -0.4 is 5.32 Å². The molecule has 8 heteroatoms. The predicted molar refractivity (Wildman–Crippen MR) is 72.8 cm³/mol. The Hall–Kier alpha value is -1.70. The Kier molecular flexibility index (Phi) is 5.43. The monoisotopic (exact) mass is 302 g/mol. The van der Waals surface area contributed by atoms with Crippen LogP contribution in [-0.2, 0) is 0 Å². The number of aliphatic hydroxyl groups excluding tert-OH is 2. The molecule has 1 amide bonds. The van der Waals surface area contributed by atoms with Gasteiger partial charge in [0.2, 0.25) is 0 Å². The molecule has 1 aromatic rings. The summed E-state index contributed by atoms with van der Waals surface area (Å²) in [6, 6.07) is 3.48. The number of non-ortho nitro benzene ring substituents is 1. The Morgan fingerprint density at radius 3 is 2.50 bits per heavy atom. The van der Waals surface area contributed by atoms with Crippen LogP contribution in [0.4, 0.5) is 5.69 Å². The van der Waals surface area contributed by atoms with E-state index in [2.05, 4.69) is 5.32 Å². The summed E-state index contributed by atoms with van der Waals surface area (Å²) in [6.45, 7) is 0.762. The van der Waals surface area contributed by atoms with Gasteiger partial charge in [0.05, 0.1) is 34.3 Å². The number of amides is 1. The molecule has 0 atom stereocenters. The Morgan fingerprint density at radius 1 is 1.45 bits per heavy atom. The van der Waals surface area contributed by atoms with Crippen molar-refractivity contribution in [2.24, 2.45) is 0 Å². The highest BCUT2D eigenvalue weighted by Crippen LogP contribution is 2.23. The van der Waals surface area contributed by atoms with Crippen molar-refractivity contribution in [1.29, 1.82) is 0 Å². The van der Waals surface area contributed by atoms with Crippen LogP contribution in [0.5, 0.6) is 0 Å². The van der Waals surface area contributed by atoms with Gasteiger partial charge in [-0.1, -0.05) is 18.5 Å². The number of carbonyl (C=O) groups excluding carboxylic acids is 1. The summed E-state index contributed by atoms with van der Waals surface area (Å²) in [7, 11) is 0. The molecule has 0 aliphatic carbocycles. The van der Waals surface area contributed by atoms with Crippen molar-refractivity contribution in [2.75, 3.05) is 13.2 Å². The molecule has 110 valence electrons. The number of benzene rings is 1. The van der Waals surface area contributed by atoms with Gasteiger partial charge in [0, 0.05) is 12.1 Å². The quantitative estimate of drug-likeness (QED) is 0.538. The lowest BCUT2D eigenvalue weighted by Crippen LogP contribution is -2.53. The minimum atomic E-state index is -1.19. The molecular formula is C12H15ClN2O5. The van der Waals surface area contributed by atoms with E-state index in [0.29, 0.717) is 0 Å². The number of nitro groups is 1. The van der Waals surface area contributed by atoms with E-state index in [0.717, 1.165) is 6.07 Å². The number of rotatable bonds is 6. The van der Waals surface area contributed by atoms with Crippen LogP contribution in [0.2, 0.25) is 5.02 Å². The summed E-state index contributed by atoms with van der Waals surface area (Å²) in [5, 5.41) is 31.7. The Bertz CT molecular complexity index is 508. The zero-order valence-corrected chi connectivity index (χ0v) is 11.6. The standard InChI is InChI=1S/C12H15ClN2O5/c1-2-12(6-16,7-17)14-11(18)9-5-8(15(19)20)3-4-10(9)13/h3-5,16-17H,2,6-7H2,1H3,(H,14,18). The van der Waals surface area contributed by atoms with Crippen LogP contribution in [0, 0.1) is 10.1 Å². The van der Waals surface area contributed by atoms with Gasteiger partial charge in [0.1, 0.15) is 0 Å². The molecule has 0 heterocycles. The van der Waals surface area contributed by atoms with Gasteiger partial charge in [0.25, 0.3) is 11.6 Å². The van der Waals surface area contributed by atoms with Crippen molar-refractivity contribution < 1.29 is 19.9 Å². The van der Waals surface area contributed by atoms with Gasteiger partial charge in [-0.3, -0.25) is 14.9 Å². The van der Waals surface area contributed by atoms with E-state index >= 15 is 0 Å². The minimum absolute atomic E-state index is 0.0500. The molecule has 0 fully saturated rings. The summed E-state index contributed by atoms with van der Waals surface area (Å²) < 4.78 is 0. The molecule has 0 bridgehead atoms. The SMILES string of the molecule is CCC(CO)(CO)NC(=O)c1cc([N+](=O)[O-])ccc1Cl. The van der Waals surface area contributed by atoms with E-state index in [1.807, 2.05) is 0 Å². The Labute approximate surface area is 120 Å². The van der Waals surface area contributed by atoms with Crippen molar-refractivity contribution in [1.82, 2.24) is 5.32 Å². The summed E-state index contributed by atoms with van der Waals surface area (Å²) in [5.74, 6) is -0.691. The first-order chi connectivity index (χ1) is 9.39. The molecule has 0 aliphatic heterocycles. The number of nitrogens with one attached hydrogen (secondary N) is 1. The number of nitrogens with zero attached hydrogens (tertiary/aromatic N) is 1. The molecule has 3 N–H and O–H groups in total. The van der Waals surface area contributed by atoms with Gasteiger partial charge >= 0.3 is 0 Å². The van der Waals surface area contributed by atoms with Crippen LogP contribution in [0.25, 0.3) is 0 Å². The van der Waals surface area contributed by atoms with Gasteiger partial charge < -0.3 is 15.5 Å². The summed E-state index contributed by atoms with van der Waals surface area (Å²) in [5.41, 5.74) is -1.54. The lowest BCUT2D eigenvalue weighted by atomic mass is 9.97. The number of hydrogen-bond acceptors (Lipinski definition) is 5. The average molecular weight is 303 g/mol. The molecular weight excluding hydrogens is 288 g/mol. The maximum Gasteiger partial charge on any atom is 0.270 e. The Balaban J connectivity index is 3.08. The first-order valence-corrected chi connectivity index (χ1v) is 6.25. The second kappa shape index (κ2) is 6.65. The van der Waals surface area contributed by atoms with Crippen LogP contribution in [0.3, 0.4) is 0 Å². The van der Waals surface area contributed by atoms with E-state index in [-0.39, 0.29) is 22.7 Å². The average Bonchev–Trinajstić information content (AvgIpc) is 2.45. The van der Waals surface area contributed by atoms with Gasteiger partial charge in [-0.2, -0.15) is 0 Å². The maximum absolute atomic E-state index is 12.1.